The molecular weight excluding hydrogens is 404 g/mol. The standard InChI is InChI=1S/C22H23ClN4OS/c1-2-15-5-8-17(9-6-15)21(28)26-22-25-18(14-29-22)19-4-3-11-27(19)13-16-7-10-20(23)24-12-16/h5-10,12,14,19H,2-4,11,13H2,1H3,(H,25,26,28)/t19-/m1/s1. The summed E-state index contributed by atoms with van der Waals surface area (Å²) in [5.74, 6) is -0.121. The summed E-state index contributed by atoms with van der Waals surface area (Å²) in [6.45, 7) is 3.94. The number of benzene rings is 1. The lowest BCUT2D eigenvalue weighted by Gasteiger charge is -2.22. The maximum atomic E-state index is 12.5. The summed E-state index contributed by atoms with van der Waals surface area (Å²) < 4.78 is 0. The molecular formula is C22H23ClN4OS. The van der Waals surface area contributed by atoms with Gasteiger partial charge in [-0.1, -0.05) is 36.7 Å². The molecule has 1 aliphatic heterocycles. The molecule has 3 aromatic rings. The van der Waals surface area contributed by atoms with Gasteiger partial charge in [0, 0.05) is 23.7 Å². The van der Waals surface area contributed by atoms with Crippen molar-refractivity contribution >= 4 is 34.0 Å². The number of thiazole rings is 1. The van der Waals surface area contributed by atoms with E-state index in [1.807, 2.05) is 42.6 Å². The Balaban J connectivity index is 1.41. The van der Waals surface area contributed by atoms with Gasteiger partial charge in [0.05, 0.1) is 11.7 Å². The highest BCUT2D eigenvalue weighted by Gasteiger charge is 2.28. The van der Waals surface area contributed by atoms with Gasteiger partial charge in [-0.15, -0.1) is 11.3 Å². The molecule has 0 aliphatic carbocycles. The second-order valence-electron chi connectivity index (χ2n) is 7.20. The lowest BCUT2D eigenvalue weighted by molar-refractivity contribution is 0.102. The molecule has 0 unspecified atom stereocenters. The van der Waals surface area contributed by atoms with Crippen LogP contribution in [0, 0.1) is 0 Å². The first-order chi connectivity index (χ1) is 14.1. The summed E-state index contributed by atoms with van der Waals surface area (Å²) in [5.41, 5.74) is 4.03. The molecule has 1 N–H and O–H groups in total. The van der Waals surface area contributed by atoms with Crippen LogP contribution < -0.4 is 5.32 Å². The number of anilines is 1. The van der Waals surface area contributed by atoms with Crippen LogP contribution in [0.2, 0.25) is 5.15 Å². The van der Waals surface area contributed by atoms with Crippen LogP contribution in [-0.2, 0) is 13.0 Å². The highest BCUT2D eigenvalue weighted by Crippen LogP contribution is 2.34. The van der Waals surface area contributed by atoms with Crippen molar-refractivity contribution in [2.45, 2.75) is 38.8 Å². The molecule has 2 aromatic heterocycles. The number of carbonyl (C=O) groups excluding carboxylic acids is 1. The van der Waals surface area contributed by atoms with E-state index in [1.54, 1.807) is 0 Å². The number of rotatable bonds is 6. The van der Waals surface area contributed by atoms with Gasteiger partial charge in [0.2, 0.25) is 0 Å². The van der Waals surface area contributed by atoms with Gasteiger partial charge in [0.1, 0.15) is 5.15 Å². The van der Waals surface area contributed by atoms with Gasteiger partial charge in [-0.2, -0.15) is 0 Å². The van der Waals surface area contributed by atoms with E-state index < -0.39 is 0 Å². The maximum Gasteiger partial charge on any atom is 0.257 e. The smallest absolute Gasteiger partial charge is 0.257 e. The zero-order chi connectivity index (χ0) is 20.2. The third-order valence-corrected chi connectivity index (χ3v) is 6.25. The van der Waals surface area contributed by atoms with Crippen LogP contribution in [0.5, 0.6) is 0 Å². The third kappa shape index (κ3) is 4.83. The van der Waals surface area contributed by atoms with Gasteiger partial charge in [0.15, 0.2) is 5.13 Å². The lowest BCUT2D eigenvalue weighted by atomic mass is 10.1. The highest BCUT2D eigenvalue weighted by molar-refractivity contribution is 7.14. The first-order valence-electron chi connectivity index (χ1n) is 9.82. The molecule has 0 spiro atoms. The van der Waals surface area contributed by atoms with E-state index >= 15 is 0 Å². The normalized spacial score (nSPS) is 16.8. The summed E-state index contributed by atoms with van der Waals surface area (Å²) in [4.78, 5) is 23.8. The van der Waals surface area contributed by atoms with E-state index in [1.165, 1.54) is 16.9 Å². The Labute approximate surface area is 179 Å². The zero-order valence-electron chi connectivity index (χ0n) is 16.3. The summed E-state index contributed by atoms with van der Waals surface area (Å²) in [6, 6.07) is 11.8. The van der Waals surface area contributed by atoms with E-state index in [0.29, 0.717) is 15.8 Å². The average molecular weight is 427 g/mol. The number of aryl methyl sites for hydroxylation is 1. The molecule has 150 valence electrons. The Morgan fingerprint density at radius 1 is 1.24 bits per heavy atom. The van der Waals surface area contributed by atoms with Crippen molar-refractivity contribution in [1.29, 1.82) is 0 Å². The Morgan fingerprint density at radius 3 is 2.76 bits per heavy atom. The van der Waals surface area contributed by atoms with E-state index in [0.717, 1.165) is 43.6 Å². The van der Waals surface area contributed by atoms with Crippen LogP contribution in [0.4, 0.5) is 5.13 Å². The Morgan fingerprint density at radius 2 is 2.03 bits per heavy atom. The molecule has 0 saturated carbocycles. The molecule has 1 saturated heterocycles. The molecule has 1 atom stereocenters. The van der Waals surface area contributed by atoms with Crippen LogP contribution in [0.15, 0.2) is 48.0 Å². The fourth-order valence-electron chi connectivity index (χ4n) is 3.64. The number of carbonyl (C=O) groups is 1. The first kappa shape index (κ1) is 20.0. The predicted molar refractivity (Wildman–Crippen MR) is 118 cm³/mol. The molecule has 29 heavy (non-hydrogen) atoms. The minimum atomic E-state index is -0.121. The van der Waals surface area contributed by atoms with Gasteiger partial charge < -0.3 is 0 Å². The molecule has 1 aromatic carbocycles. The molecule has 3 heterocycles. The molecule has 1 fully saturated rings. The van der Waals surface area contributed by atoms with E-state index in [2.05, 4.69) is 27.5 Å². The lowest BCUT2D eigenvalue weighted by Crippen LogP contribution is -2.23. The van der Waals surface area contributed by atoms with Gasteiger partial charge in [-0.25, -0.2) is 9.97 Å². The van der Waals surface area contributed by atoms with Crippen LogP contribution >= 0.6 is 22.9 Å². The minimum absolute atomic E-state index is 0.121. The second kappa shape index (κ2) is 9.03. The quantitative estimate of drug-likeness (QED) is 0.540. The largest absolute Gasteiger partial charge is 0.298 e. The van der Waals surface area contributed by atoms with Crippen molar-refractivity contribution in [2.75, 3.05) is 11.9 Å². The average Bonchev–Trinajstić information content (AvgIpc) is 3.39. The van der Waals surface area contributed by atoms with Gasteiger partial charge in [-0.3, -0.25) is 15.0 Å². The summed E-state index contributed by atoms with van der Waals surface area (Å²) in [6.07, 6.45) is 4.99. The monoisotopic (exact) mass is 426 g/mol. The molecule has 7 heteroatoms. The van der Waals surface area contributed by atoms with Crippen LogP contribution in [0.3, 0.4) is 0 Å². The van der Waals surface area contributed by atoms with Crippen molar-refractivity contribution in [1.82, 2.24) is 14.9 Å². The van der Waals surface area contributed by atoms with Gasteiger partial charge >= 0.3 is 0 Å². The topological polar surface area (TPSA) is 58.1 Å². The SMILES string of the molecule is CCc1ccc(C(=O)Nc2nc([C@H]3CCCN3Cc3ccc(Cl)nc3)cs2)cc1. The van der Waals surface area contributed by atoms with Crippen molar-refractivity contribution in [3.63, 3.8) is 0 Å². The number of hydrogen-bond acceptors (Lipinski definition) is 5. The van der Waals surface area contributed by atoms with Crippen molar-refractivity contribution in [3.8, 4) is 0 Å². The molecule has 5 nitrogen and oxygen atoms in total. The van der Waals surface area contributed by atoms with Crippen molar-refractivity contribution in [3.05, 3.63) is 75.5 Å². The minimum Gasteiger partial charge on any atom is -0.298 e. The molecule has 1 aliphatic rings. The van der Waals surface area contributed by atoms with E-state index in [9.17, 15) is 4.79 Å². The molecule has 0 bridgehead atoms. The Hall–Kier alpha value is -2.28. The maximum absolute atomic E-state index is 12.5. The van der Waals surface area contributed by atoms with Gasteiger partial charge in [-0.05, 0) is 55.1 Å². The number of likely N-dealkylation sites (tertiary alicyclic amines) is 1. The number of nitrogens with zero attached hydrogens (tertiary/aromatic N) is 3. The summed E-state index contributed by atoms with van der Waals surface area (Å²) in [7, 11) is 0. The number of aromatic nitrogens is 2. The number of nitrogens with one attached hydrogen (secondary N) is 1. The van der Waals surface area contributed by atoms with Crippen molar-refractivity contribution in [2.24, 2.45) is 0 Å². The predicted octanol–water partition coefficient (Wildman–Crippen LogP) is 5.34. The zero-order valence-corrected chi connectivity index (χ0v) is 17.8. The Kier molecular flexibility index (Phi) is 6.23. The second-order valence-corrected chi connectivity index (χ2v) is 8.45. The Bertz CT molecular complexity index is 971. The highest BCUT2D eigenvalue weighted by atomic mass is 35.5. The summed E-state index contributed by atoms with van der Waals surface area (Å²) in [5, 5.41) is 6.14. The first-order valence-corrected chi connectivity index (χ1v) is 11.1. The van der Waals surface area contributed by atoms with Crippen LogP contribution in [0.25, 0.3) is 0 Å². The number of halogens is 1. The summed E-state index contributed by atoms with van der Waals surface area (Å²) >= 11 is 7.37. The fourth-order valence-corrected chi connectivity index (χ4v) is 4.51. The third-order valence-electron chi connectivity index (χ3n) is 5.25. The van der Waals surface area contributed by atoms with Crippen LogP contribution in [0.1, 0.15) is 53.0 Å². The molecule has 1 amide bonds. The molecule has 0 radical (unpaired) electrons. The van der Waals surface area contributed by atoms with E-state index in [4.69, 9.17) is 16.6 Å². The van der Waals surface area contributed by atoms with E-state index in [-0.39, 0.29) is 11.9 Å². The number of hydrogen-bond donors (Lipinski definition) is 1. The van der Waals surface area contributed by atoms with Crippen LogP contribution in [-0.4, -0.2) is 27.3 Å². The van der Waals surface area contributed by atoms with Crippen molar-refractivity contribution < 1.29 is 4.79 Å². The fraction of sp³-hybridized carbons (Fsp3) is 0.318. The van der Waals surface area contributed by atoms with Gasteiger partial charge in [0.25, 0.3) is 5.91 Å². The molecule has 4 rings (SSSR count). The number of pyridine rings is 1. The number of amides is 1.